The molecule has 1 aromatic carbocycles. The number of nitrogens with one attached hydrogen (secondary N) is 2. The van der Waals surface area contributed by atoms with Gasteiger partial charge in [-0.25, -0.2) is 4.98 Å². The number of nitrogens with zero attached hydrogens (tertiary/aromatic N) is 1. The van der Waals surface area contributed by atoms with Gasteiger partial charge in [0.15, 0.2) is 0 Å². The van der Waals surface area contributed by atoms with Crippen molar-refractivity contribution in [2.24, 2.45) is 0 Å². The largest absolute Gasteiger partial charge is 0.486 e. The normalized spacial score (nSPS) is 10.6. The van der Waals surface area contributed by atoms with Crippen LogP contribution in [0.2, 0.25) is 0 Å². The van der Waals surface area contributed by atoms with Crippen molar-refractivity contribution in [2.45, 2.75) is 65.9 Å². The average molecular weight is 432 g/mol. The molecule has 0 fully saturated rings. The van der Waals surface area contributed by atoms with Gasteiger partial charge in [0, 0.05) is 24.9 Å². The zero-order valence-corrected chi connectivity index (χ0v) is 19.1. The molecule has 7 heteroatoms. The molecule has 30 heavy (non-hydrogen) atoms. The molecule has 0 aliphatic carbocycles. The number of aromatic nitrogens is 1. The zero-order chi connectivity index (χ0) is 21.8. The first-order valence-electron chi connectivity index (χ1n) is 10.7. The number of aryl methyl sites for hydroxylation is 2. The van der Waals surface area contributed by atoms with E-state index in [4.69, 9.17) is 4.74 Å². The average Bonchev–Trinajstić information content (AvgIpc) is 3.18. The molecule has 164 valence electrons. The lowest BCUT2D eigenvalue weighted by atomic mass is 10.1. The molecule has 1 heterocycles. The van der Waals surface area contributed by atoms with Gasteiger partial charge >= 0.3 is 0 Å². The van der Waals surface area contributed by atoms with Gasteiger partial charge in [0.05, 0.1) is 0 Å². The van der Waals surface area contributed by atoms with E-state index in [1.54, 1.807) is 5.38 Å². The number of amides is 2. The van der Waals surface area contributed by atoms with Gasteiger partial charge in [-0.1, -0.05) is 38.7 Å². The Balaban J connectivity index is 1.64. The second-order valence-corrected chi connectivity index (χ2v) is 8.45. The molecule has 2 aromatic rings. The summed E-state index contributed by atoms with van der Waals surface area (Å²) in [6.45, 7) is 7.37. The molecule has 2 amide bonds. The molecule has 6 nitrogen and oxygen atoms in total. The standard InChI is InChI=1S/C23H33N3O3S/c1-4-5-6-7-8-9-21(27)24-10-11-25-23(28)20-16-30-22(26-20)15-29-19-13-17(2)12-18(3)14-19/h12-14,16H,4-11,15H2,1-3H3,(H,24,27)(H,25,28). The summed E-state index contributed by atoms with van der Waals surface area (Å²) in [6.07, 6.45) is 6.18. The third-order valence-corrected chi connectivity index (χ3v) is 5.40. The van der Waals surface area contributed by atoms with E-state index in [1.807, 2.05) is 26.0 Å². The van der Waals surface area contributed by atoms with E-state index >= 15 is 0 Å². The predicted molar refractivity (Wildman–Crippen MR) is 121 cm³/mol. The minimum Gasteiger partial charge on any atom is -0.486 e. The van der Waals surface area contributed by atoms with Crippen LogP contribution >= 0.6 is 11.3 Å². The molecule has 1 aromatic heterocycles. The number of hydrogen-bond acceptors (Lipinski definition) is 5. The van der Waals surface area contributed by atoms with Gasteiger partial charge in [-0.3, -0.25) is 9.59 Å². The summed E-state index contributed by atoms with van der Waals surface area (Å²) in [4.78, 5) is 28.3. The molecular formula is C23H33N3O3S. The Kier molecular flexibility index (Phi) is 10.3. The van der Waals surface area contributed by atoms with Gasteiger partial charge in [0.1, 0.15) is 23.1 Å². The van der Waals surface area contributed by atoms with Gasteiger partial charge in [-0.15, -0.1) is 11.3 Å². The third kappa shape index (κ3) is 8.95. The van der Waals surface area contributed by atoms with Crippen molar-refractivity contribution in [1.82, 2.24) is 15.6 Å². The molecule has 0 bridgehead atoms. The van der Waals surface area contributed by atoms with E-state index in [9.17, 15) is 9.59 Å². The van der Waals surface area contributed by atoms with Crippen LogP contribution in [0, 0.1) is 13.8 Å². The minimum atomic E-state index is -0.238. The highest BCUT2D eigenvalue weighted by molar-refractivity contribution is 7.09. The van der Waals surface area contributed by atoms with Crippen LogP contribution in [-0.2, 0) is 11.4 Å². The van der Waals surface area contributed by atoms with Gasteiger partial charge in [-0.2, -0.15) is 0 Å². The fourth-order valence-corrected chi connectivity index (χ4v) is 3.77. The summed E-state index contributed by atoms with van der Waals surface area (Å²) < 4.78 is 5.79. The van der Waals surface area contributed by atoms with Crippen LogP contribution in [0.15, 0.2) is 23.6 Å². The smallest absolute Gasteiger partial charge is 0.270 e. The summed E-state index contributed by atoms with van der Waals surface area (Å²) in [5.74, 6) is 0.604. The van der Waals surface area contributed by atoms with Crippen LogP contribution in [-0.4, -0.2) is 29.9 Å². The summed E-state index contributed by atoms with van der Waals surface area (Å²) in [5.41, 5.74) is 2.67. The number of benzene rings is 1. The maximum absolute atomic E-state index is 12.2. The molecule has 0 spiro atoms. The lowest BCUT2D eigenvalue weighted by Crippen LogP contribution is -2.34. The molecule has 0 unspecified atom stereocenters. The van der Waals surface area contributed by atoms with Gasteiger partial charge in [0.25, 0.3) is 5.91 Å². The number of ether oxygens (including phenoxy) is 1. The zero-order valence-electron chi connectivity index (χ0n) is 18.3. The first kappa shape index (κ1) is 23.9. The maximum atomic E-state index is 12.2. The Morgan fingerprint density at radius 3 is 2.43 bits per heavy atom. The summed E-state index contributed by atoms with van der Waals surface area (Å²) in [5, 5.41) is 8.10. The molecule has 0 atom stereocenters. The van der Waals surface area contributed by atoms with Crippen molar-refractivity contribution in [3.05, 3.63) is 45.4 Å². The highest BCUT2D eigenvalue weighted by Gasteiger charge is 2.11. The van der Waals surface area contributed by atoms with Crippen molar-refractivity contribution < 1.29 is 14.3 Å². The first-order chi connectivity index (χ1) is 14.5. The fourth-order valence-electron chi connectivity index (χ4n) is 3.09. The van der Waals surface area contributed by atoms with Crippen molar-refractivity contribution in [1.29, 1.82) is 0 Å². The summed E-state index contributed by atoms with van der Waals surface area (Å²) in [7, 11) is 0. The van der Waals surface area contributed by atoms with E-state index in [0.29, 0.717) is 31.8 Å². The third-order valence-electron chi connectivity index (χ3n) is 4.58. The Bertz CT molecular complexity index is 800. The van der Waals surface area contributed by atoms with Crippen LogP contribution < -0.4 is 15.4 Å². The van der Waals surface area contributed by atoms with Crippen LogP contribution in [0.5, 0.6) is 5.75 Å². The molecular weight excluding hydrogens is 398 g/mol. The van der Waals surface area contributed by atoms with Crippen molar-refractivity contribution >= 4 is 23.2 Å². The van der Waals surface area contributed by atoms with E-state index in [1.165, 1.54) is 30.6 Å². The molecule has 0 radical (unpaired) electrons. The van der Waals surface area contributed by atoms with Crippen molar-refractivity contribution in [3.63, 3.8) is 0 Å². The molecule has 0 aliphatic heterocycles. The van der Waals surface area contributed by atoms with Gasteiger partial charge < -0.3 is 15.4 Å². The molecule has 2 rings (SSSR count). The Hall–Kier alpha value is -2.41. The Labute approximate surface area is 183 Å². The summed E-state index contributed by atoms with van der Waals surface area (Å²) >= 11 is 1.40. The highest BCUT2D eigenvalue weighted by Crippen LogP contribution is 2.19. The topological polar surface area (TPSA) is 80.3 Å². The maximum Gasteiger partial charge on any atom is 0.270 e. The van der Waals surface area contributed by atoms with Crippen molar-refractivity contribution in [2.75, 3.05) is 13.1 Å². The molecule has 0 saturated heterocycles. The number of hydrogen-bond donors (Lipinski definition) is 2. The highest BCUT2D eigenvalue weighted by atomic mass is 32.1. The van der Waals surface area contributed by atoms with Crippen LogP contribution in [0.4, 0.5) is 0 Å². The van der Waals surface area contributed by atoms with E-state index in [2.05, 4.69) is 28.6 Å². The first-order valence-corrected chi connectivity index (χ1v) is 11.6. The quantitative estimate of drug-likeness (QED) is 0.456. The second kappa shape index (κ2) is 13.0. The van der Waals surface area contributed by atoms with Crippen LogP contribution in [0.3, 0.4) is 0 Å². The fraction of sp³-hybridized carbons (Fsp3) is 0.522. The van der Waals surface area contributed by atoms with E-state index in [-0.39, 0.29) is 11.8 Å². The predicted octanol–water partition coefficient (Wildman–Crippen LogP) is 4.55. The monoisotopic (exact) mass is 431 g/mol. The van der Waals surface area contributed by atoms with E-state index < -0.39 is 0 Å². The van der Waals surface area contributed by atoms with E-state index in [0.717, 1.165) is 34.7 Å². The van der Waals surface area contributed by atoms with Crippen LogP contribution in [0.25, 0.3) is 0 Å². The Morgan fingerprint density at radius 2 is 1.70 bits per heavy atom. The van der Waals surface area contributed by atoms with Gasteiger partial charge in [0.2, 0.25) is 5.91 Å². The second-order valence-electron chi connectivity index (χ2n) is 7.51. The lowest BCUT2D eigenvalue weighted by molar-refractivity contribution is -0.121. The van der Waals surface area contributed by atoms with Gasteiger partial charge in [-0.05, 0) is 43.5 Å². The number of unbranched alkanes of at least 4 members (excludes halogenated alkanes) is 4. The van der Waals surface area contributed by atoms with Crippen molar-refractivity contribution in [3.8, 4) is 5.75 Å². The molecule has 2 N–H and O–H groups in total. The Morgan fingerprint density at radius 1 is 1.00 bits per heavy atom. The number of rotatable bonds is 13. The number of thiazole rings is 1. The minimum absolute atomic E-state index is 0.0419. The van der Waals surface area contributed by atoms with Crippen LogP contribution in [0.1, 0.15) is 72.1 Å². The number of carbonyl (C=O) groups excluding carboxylic acids is 2. The number of carbonyl (C=O) groups is 2. The summed E-state index contributed by atoms with van der Waals surface area (Å²) in [6, 6.07) is 6.05. The SMILES string of the molecule is CCCCCCCC(=O)NCCNC(=O)c1csc(COc2cc(C)cc(C)c2)n1. The molecule has 0 aliphatic rings. The lowest BCUT2D eigenvalue weighted by Gasteiger charge is -2.07. The molecule has 0 saturated carbocycles.